The third-order valence-electron chi connectivity index (χ3n) is 1.15. The average molecular weight is 325 g/mol. The van der Waals surface area contributed by atoms with Gasteiger partial charge >= 0.3 is 4.83 Å². The molecular formula is C6H8BrF2I. The van der Waals surface area contributed by atoms with Crippen LogP contribution >= 0.6 is 38.5 Å². The zero-order valence-electron chi connectivity index (χ0n) is 5.72. The van der Waals surface area contributed by atoms with Crippen LogP contribution < -0.4 is 0 Å². The predicted octanol–water partition coefficient (Wildman–Crippen LogP) is 4.09. The second-order valence-corrected chi connectivity index (χ2v) is 4.02. The first-order chi connectivity index (χ1) is 4.39. The summed E-state index contributed by atoms with van der Waals surface area (Å²) in [6, 6.07) is 0. The molecule has 0 unspecified atom stereocenters. The molecule has 0 aliphatic heterocycles. The van der Waals surface area contributed by atoms with E-state index in [4.69, 9.17) is 0 Å². The second kappa shape index (κ2) is 3.99. The lowest BCUT2D eigenvalue weighted by atomic mass is 10.2. The maximum atomic E-state index is 12.4. The predicted molar refractivity (Wildman–Crippen MR) is 50.9 cm³/mol. The van der Waals surface area contributed by atoms with E-state index in [-0.39, 0.29) is 3.58 Å². The van der Waals surface area contributed by atoms with E-state index < -0.39 is 4.83 Å². The lowest BCUT2D eigenvalue weighted by Gasteiger charge is -2.09. The van der Waals surface area contributed by atoms with E-state index >= 15 is 0 Å². The van der Waals surface area contributed by atoms with Crippen molar-refractivity contribution in [2.45, 2.75) is 25.1 Å². The fourth-order valence-corrected chi connectivity index (χ4v) is 1.12. The molecule has 0 heterocycles. The fraction of sp³-hybridized carbons (Fsp3) is 0.667. The van der Waals surface area contributed by atoms with Crippen molar-refractivity contribution >= 4 is 38.5 Å². The van der Waals surface area contributed by atoms with Gasteiger partial charge in [-0.3, -0.25) is 0 Å². The first kappa shape index (κ1) is 10.8. The summed E-state index contributed by atoms with van der Waals surface area (Å²) in [4.78, 5) is -2.84. The molecule has 0 radical (unpaired) electrons. The minimum atomic E-state index is -2.84. The number of allylic oxidation sites excluding steroid dienone is 2. The molecule has 0 saturated heterocycles. The number of hydrogen-bond donors (Lipinski definition) is 0. The molecule has 0 aliphatic carbocycles. The van der Waals surface area contributed by atoms with Crippen LogP contribution in [-0.2, 0) is 0 Å². The van der Waals surface area contributed by atoms with Gasteiger partial charge in [0.1, 0.15) is 0 Å². The summed E-state index contributed by atoms with van der Waals surface area (Å²) in [5.41, 5.74) is 0.725. The largest absolute Gasteiger partial charge is 0.332 e. The highest BCUT2D eigenvalue weighted by Crippen LogP contribution is 2.37. The van der Waals surface area contributed by atoms with Gasteiger partial charge in [-0.05, 0) is 51.9 Å². The summed E-state index contributed by atoms with van der Waals surface area (Å²) >= 11 is 3.94. The van der Waals surface area contributed by atoms with Gasteiger partial charge in [0.2, 0.25) is 0 Å². The zero-order valence-corrected chi connectivity index (χ0v) is 9.46. The van der Waals surface area contributed by atoms with E-state index in [0.29, 0.717) is 6.42 Å². The Bertz CT molecular complexity index is 148. The average Bonchev–Trinajstić information content (AvgIpc) is 1.83. The Hall–Kier alpha value is 0.810. The van der Waals surface area contributed by atoms with Crippen molar-refractivity contribution in [2.75, 3.05) is 0 Å². The molecule has 0 amide bonds. The van der Waals surface area contributed by atoms with Gasteiger partial charge in [-0.1, -0.05) is 12.5 Å². The topological polar surface area (TPSA) is 0 Å². The molecule has 10 heavy (non-hydrogen) atoms. The number of rotatable bonds is 2. The Labute approximate surface area is 81.3 Å². The van der Waals surface area contributed by atoms with Gasteiger partial charge in [0.25, 0.3) is 0 Å². The van der Waals surface area contributed by atoms with Crippen molar-refractivity contribution < 1.29 is 8.78 Å². The summed E-state index contributed by atoms with van der Waals surface area (Å²) in [5.74, 6) is 0. The van der Waals surface area contributed by atoms with Crippen molar-refractivity contribution in [1.82, 2.24) is 0 Å². The van der Waals surface area contributed by atoms with E-state index in [0.717, 1.165) is 5.57 Å². The van der Waals surface area contributed by atoms with Gasteiger partial charge in [-0.15, -0.1) is 0 Å². The zero-order chi connectivity index (χ0) is 8.36. The molecule has 0 aliphatic rings. The molecule has 0 N–H and O–H groups in total. The highest BCUT2D eigenvalue weighted by atomic mass is 127. The summed E-state index contributed by atoms with van der Waals surface area (Å²) in [6.45, 7) is 3.56. The van der Waals surface area contributed by atoms with Crippen LogP contribution in [0.1, 0.15) is 20.3 Å². The van der Waals surface area contributed by atoms with Gasteiger partial charge < -0.3 is 0 Å². The summed E-state index contributed by atoms with van der Waals surface area (Å²) in [6.07, 6.45) is 0.666. The molecule has 0 aromatic heterocycles. The first-order valence-electron chi connectivity index (χ1n) is 2.82. The maximum absolute atomic E-state index is 12.4. The van der Waals surface area contributed by atoms with Gasteiger partial charge in [0.15, 0.2) is 0 Å². The Balaban J connectivity index is 4.47. The minimum absolute atomic E-state index is 0.0904. The quantitative estimate of drug-likeness (QED) is 0.530. The molecule has 0 spiro atoms. The van der Waals surface area contributed by atoms with Crippen molar-refractivity contribution in [3.63, 3.8) is 0 Å². The molecule has 0 rings (SSSR count). The molecule has 0 fully saturated rings. The van der Waals surface area contributed by atoms with Crippen LogP contribution in [0.15, 0.2) is 9.15 Å². The van der Waals surface area contributed by atoms with Crippen molar-refractivity contribution in [2.24, 2.45) is 0 Å². The number of alkyl halides is 3. The molecule has 0 saturated carbocycles. The van der Waals surface area contributed by atoms with Crippen LogP contribution in [0.4, 0.5) is 8.78 Å². The highest BCUT2D eigenvalue weighted by Gasteiger charge is 2.29. The van der Waals surface area contributed by atoms with Crippen molar-refractivity contribution in [3.8, 4) is 0 Å². The molecule has 0 aromatic carbocycles. The molecule has 4 heteroatoms. The molecule has 0 nitrogen and oxygen atoms in total. The lowest BCUT2D eigenvalue weighted by Crippen LogP contribution is -2.05. The second-order valence-electron chi connectivity index (χ2n) is 1.95. The first-order valence-corrected chi connectivity index (χ1v) is 4.69. The highest BCUT2D eigenvalue weighted by molar-refractivity contribution is 14.1. The van der Waals surface area contributed by atoms with E-state index in [1.54, 1.807) is 29.5 Å². The smallest absolute Gasteiger partial charge is 0.188 e. The summed E-state index contributed by atoms with van der Waals surface area (Å²) < 4.78 is 24.9. The van der Waals surface area contributed by atoms with Gasteiger partial charge in [0, 0.05) is 0 Å². The molecule has 0 aromatic rings. The maximum Gasteiger partial charge on any atom is 0.332 e. The van der Waals surface area contributed by atoms with E-state index in [1.165, 1.54) is 0 Å². The summed E-state index contributed by atoms with van der Waals surface area (Å²) in [7, 11) is 0. The normalized spacial score (nSPS) is 15.0. The van der Waals surface area contributed by atoms with Crippen LogP contribution in [0.25, 0.3) is 0 Å². The molecule has 0 atom stereocenters. The van der Waals surface area contributed by atoms with Crippen LogP contribution in [0.3, 0.4) is 0 Å². The number of halogens is 4. The molecule has 0 bridgehead atoms. The lowest BCUT2D eigenvalue weighted by molar-refractivity contribution is 0.168. The van der Waals surface area contributed by atoms with Gasteiger partial charge in [-0.2, -0.15) is 8.78 Å². The van der Waals surface area contributed by atoms with E-state index in [9.17, 15) is 8.78 Å². The third-order valence-corrected chi connectivity index (χ3v) is 3.89. The van der Waals surface area contributed by atoms with Crippen LogP contribution in [0, 0.1) is 0 Å². The Morgan fingerprint density at radius 2 is 2.00 bits per heavy atom. The van der Waals surface area contributed by atoms with Crippen molar-refractivity contribution in [1.29, 1.82) is 0 Å². The molecular weight excluding hydrogens is 317 g/mol. The van der Waals surface area contributed by atoms with Crippen LogP contribution in [0.5, 0.6) is 0 Å². The van der Waals surface area contributed by atoms with Crippen molar-refractivity contribution in [3.05, 3.63) is 9.15 Å². The van der Waals surface area contributed by atoms with Crippen LogP contribution in [0.2, 0.25) is 0 Å². The monoisotopic (exact) mass is 324 g/mol. The Kier molecular flexibility index (Phi) is 4.32. The van der Waals surface area contributed by atoms with E-state index in [2.05, 4.69) is 15.9 Å². The fourth-order valence-electron chi connectivity index (χ4n) is 0.397. The Morgan fingerprint density at radius 3 is 2.10 bits per heavy atom. The number of hydrogen-bond acceptors (Lipinski definition) is 0. The molecule has 60 valence electrons. The van der Waals surface area contributed by atoms with E-state index in [1.807, 2.05) is 6.92 Å². The Morgan fingerprint density at radius 1 is 1.60 bits per heavy atom. The minimum Gasteiger partial charge on any atom is -0.188 e. The third kappa shape index (κ3) is 3.27. The van der Waals surface area contributed by atoms with Gasteiger partial charge in [0.05, 0.1) is 3.58 Å². The van der Waals surface area contributed by atoms with Gasteiger partial charge in [-0.25, -0.2) is 0 Å². The standard InChI is InChI=1S/C6H8BrF2I/c1-3-4(2)5(10)6(7,8)9/h3H2,1-2H3. The van der Waals surface area contributed by atoms with Crippen LogP contribution in [-0.4, -0.2) is 4.83 Å². The SMILES string of the molecule is CCC(C)=C(I)C(F)(F)Br. The summed E-state index contributed by atoms with van der Waals surface area (Å²) in [5, 5.41) is 0.